The van der Waals surface area contributed by atoms with Gasteiger partial charge in [-0.15, -0.1) is 0 Å². The first kappa shape index (κ1) is 13.6. The van der Waals surface area contributed by atoms with Gasteiger partial charge in [0.05, 0.1) is 12.5 Å². The van der Waals surface area contributed by atoms with E-state index in [1.807, 2.05) is 13.0 Å². The molecule has 5 heteroatoms. The van der Waals surface area contributed by atoms with Crippen LogP contribution in [0.25, 0.3) is 0 Å². The number of piperidine rings is 1. The molecule has 1 aromatic heterocycles. The molecule has 0 bridgehead atoms. The third-order valence-corrected chi connectivity index (χ3v) is 3.47. The number of nitrogens with zero attached hydrogens (tertiary/aromatic N) is 4. The highest BCUT2D eigenvalue weighted by Gasteiger charge is 2.17. The molecule has 0 unspecified atom stereocenters. The Morgan fingerprint density at radius 3 is 2.84 bits per heavy atom. The summed E-state index contributed by atoms with van der Waals surface area (Å²) in [6.45, 7) is 6.97. The molecule has 1 fully saturated rings. The Hall–Kier alpha value is -1.83. The third kappa shape index (κ3) is 3.82. The first-order chi connectivity index (χ1) is 9.19. The van der Waals surface area contributed by atoms with E-state index in [1.54, 1.807) is 0 Å². The molecule has 1 aromatic rings. The number of aromatic nitrogens is 2. The second-order valence-electron chi connectivity index (χ2n) is 5.16. The largest absolute Gasteiger partial charge is 0.369 e. The van der Waals surface area contributed by atoms with E-state index in [-0.39, 0.29) is 0 Å². The summed E-state index contributed by atoms with van der Waals surface area (Å²) in [5, 5.41) is 11.7. The van der Waals surface area contributed by atoms with Gasteiger partial charge in [-0.25, -0.2) is 9.97 Å². The Morgan fingerprint density at radius 1 is 1.42 bits per heavy atom. The van der Waals surface area contributed by atoms with Gasteiger partial charge in [0, 0.05) is 25.7 Å². The van der Waals surface area contributed by atoms with Crippen molar-refractivity contribution in [3.8, 4) is 6.07 Å². The molecular formula is C14H21N5. The molecule has 2 heterocycles. The van der Waals surface area contributed by atoms with Crippen LogP contribution in [-0.4, -0.2) is 29.6 Å². The predicted octanol–water partition coefficient (Wildman–Crippen LogP) is 2.35. The first-order valence-corrected chi connectivity index (χ1v) is 6.90. The molecule has 5 nitrogen and oxygen atoms in total. The highest BCUT2D eigenvalue weighted by molar-refractivity contribution is 5.49. The quantitative estimate of drug-likeness (QED) is 0.841. The van der Waals surface area contributed by atoms with Crippen molar-refractivity contribution in [3.63, 3.8) is 0 Å². The van der Waals surface area contributed by atoms with E-state index < -0.39 is 0 Å². The van der Waals surface area contributed by atoms with Crippen LogP contribution in [0.5, 0.6) is 0 Å². The van der Waals surface area contributed by atoms with E-state index in [9.17, 15) is 0 Å². The zero-order valence-corrected chi connectivity index (χ0v) is 11.7. The summed E-state index contributed by atoms with van der Waals surface area (Å²) in [6, 6.07) is 4.11. The van der Waals surface area contributed by atoms with Crippen molar-refractivity contribution in [2.75, 3.05) is 29.9 Å². The van der Waals surface area contributed by atoms with Crippen molar-refractivity contribution in [3.05, 3.63) is 11.9 Å². The molecule has 2 rings (SSSR count). The van der Waals surface area contributed by atoms with E-state index in [1.165, 1.54) is 12.8 Å². The highest BCUT2D eigenvalue weighted by atomic mass is 15.2. The summed E-state index contributed by atoms with van der Waals surface area (Å²) < 4.78 is 0. The molecule has 102 valence electrons. The van der Waals surface area contributed by atoms with E-state index >= 15 is 0 Å². The first-order valence-electron chi connectivity index (χ1n) is 6.90. The SMILES string of the molecule is Cc1nc(NCCC#N)cc(N2CCC(C)CC2)n1. The average molecular weight is 259 g/mol. The summed E-state index contributed by atoms with van der Waals surface area (Å²) in [6.07, 6.45) is 2.93. The summed E-state index contributed by atoms with van der Waals surface area (Å²) >= 11 is 0. The molecule has 0 amide bonds. The maximum atomic E-state index is 8.55. The second-order valence-corrected chi connectivity index (χ2v) is 5.16. The van der Waals surface area contributed by atoms with E-state index in [4.69, 9.17) is 5.26 Å². The number of rotatable bonds is 4. The van der Waals surface area contributed by atoms with Crippen LogP contribution in [0, 0.1) is 24.2 Å². The zero-order chi connectivity index (χ0) is 13.7. The molecule has 1 aliphatic heterocycles. The zero-order valence-electron chi connectivity index (χ0n) is 11.7. The van der Waals surface area contributed by atoms with Gasteiger partial charge in [0.15, 0.2) is 0 Å². The molecule has 1 N–H and O–H groups in total. The molecule has 0 atom stereocenters. The summed E-state index contributed by atoms with van der Waals surface area (Å²) in [5.74, 6) is 3.40. The third-order valence-electron chi connectivity index (χ3n) is 3.47. The minimum atomic E-state index is 0.486. The lowest BCUT2D eigenvalue weighted by Gasteiger charge is -2.31. The number of anilines is 2. The van der Waals surface area contributed by atoms with Crippen LogP contribution in [0.3, 0.4) is 0 Å². The van der Waals surface area contributed by atoms with E-state index in [0.717, 1.165) is 36.5 Å². The molecule has 1 saturated heterocycles. The van der Waals surface area contributed by atoms with Crippen LogP contribution in [0.15, 0.2) is 6.07 Å². The molecular weight excluding hydrogens is 238 g/mol. The van der Waals surface area contributed by atoms with Crippen LogP contribution in [0.2, 0.25) is 0 Å². The van der Waals surface area contributed by atoms with Crippen molar-refractivity contribution in [2.24, 2.45) is 5.92 Å². The van der Waals surface area contributed by atoms with Crippen LogP contribution in [0.4, 0.5) is 11.6 Å². The van der Waals surface area contributed by atoms with Crippen molar-refractivity contribution >= 4 is 11.6 Å². The summed E-state index contributed by atoms with van der Waals surface area (Å²) in [5.41, 5.74) is 0. The lowest BCUT2D eigenvalue weighted by atomic mass is 9.99. The van der Waals surface area contributed by atoms with Gasteiger partial charge < -0.3 is 10.2 Å². The minimum Gasteiger partial charge on any atom is -0.369 e. The molecule has 0 radical (unpaired) electrons. The van der Waals surface area contributed by atoms with Gasteiger partial charge in [-0.2, -0.15) is 5.26 Å². The Labute approximate surface area is 114 Å². The number of aryl methyl sites for hydroxylation is 1. The van der Waals surface area contributed by atoms with Crippen molar-refractivity contribution in [1.29, 1.82) is 5.26 Å². The number of nitrogens with one attached hydrogen (secondary N) is 1. The minimum absolute atomic E-state index is 0.486. The van der Waals surface area contributed by atoms with Gasteiger partial charge in [-0.3, -0.25) is 0 Å². The normalized spacial score (nSPS) is 16.2. The van der Waals surface area contributed by atoms with Crippen molar-refractivity contribution < 1.29 is 0 Å². The monoisotopic (exact) mass is 259 g/mol. The fourth-order valence-electron chi connectivity index (χ4n) is 2.29. The molecule has 0 saturated carbocycles. The highest BCUT2D eigenvalue weighted by Crippen LogP contribution is 2.23. The Kier molecular flexibility index (Phi) is 4.56. The van der Waals surface area contributed by atoms with Gasteiger partial charge in [-0.05, 0) is 25.7 Å². The molecule has 19 heavy (non-hydrogen) atoms. The predicted molar refractivity (Wildman–Crippen MR) is 76.1 cm³/mol. The maximum Gasteiger partial charge on any atom is 0.134 e. The number of hydrogen-bond donors (Lipinski definition) is 1. The van der Waals surface area contributed by atoms with Gasteiger partial charge >= 0.3 is 0 Å². The smallest absolute Gasteiger partial charge is 0.134 e. The number of nitriles is 1. The second kappa shape index (κ2) is 6.37. The average Bonchev–Trinajstić information content (AvgIpc) is 2.39. The maximum absolute atomic E-state index is 8.55. The number of hydrogen-bond acceptors (Lipinski definition) is 5. The summed E-state index contributed by atoms with van der Waals surface area (Å²) in [7, 11) is 0. The lowest BCUT2D eigenvalue weighted by molar-refractivity contribution is 0.436. The summed E-state index contributed by atoms with van der Waals surface area (Å²) in [4.78, 5) is 11.2. The van der Waals surface area contributed by atoms with Crippen LogP contribution < -0.4 is 10.2 Å². The Balaban J connectivity index is 2.06. The van der Waals surface area contributed by atoms with Gasteiger partial charge in [0.1, 0.15) is 17.5 Å². The molecule has 0 aliphatic carbocycles. The standard InChI is InChI=1S/C14H21N5/c1-11-4-8-19(9-5-11)14-10-13(16-7-3-6-15)17-12(2)18-14/h10-11H,3-5,7-9H2,1-2H3,(H,16,17,18). The lowest BCUT2D eigenvalue weighted by Crippen LogP contribution is -2.33. The van der Waals surface area contributed by atoms with E-state index in [0.29, 0.717) is 13.0 Å². The van der Waals surface area contributed by atoms with Gasteiger partial charge in [-0.1, -0.05) is 6.92 Å². The van der Waals surface area contributed by atoms with Crippen LogP contribution >= 0.6 is 0 Å². The molecule has 0 spiro atoms. The molecule has 1 aliphatic rings. The molecule has 0 aromatic carbocycles. The fourth-order valence-corrected chi connectivity index (χ4v) is 2.29. The fraction of sp³-hybridized carbons (Fsp3) is 0.643. The van der Waals surface area contributed by atoms with E-state index in [2.05, 4.69) is 33.2 Å². The van der Waals surface area contributed by atoms with Crippen LogP contribution in [0.1, 0.15) is 32.0 Å². The Bertz CT molecular complexity index is 457. The van der Waals surface area contributed by atoms with Crippen molar-refractivity contribution in [2.45, 2.75) is 33.1 Å². The Morgan fingerprint density at radius 2 is 2.16 bits per heavy atom. The topological polar surface area (TPSA) is 64.8 Å². The van der Waals surface area contributed by atoms with Crippen LogP contribution in [-0.2, 0) is 0 Å². The van der Waals surface area contributed by atoms with Crippen molar-refractivity contribution in [1.82, 2.24) is 9.97 Å². The van der Waals surface area contributed by atoms with Gasteiger partial charge in [0.25, 0.3) is 0 Å². The van der Waals surface area contributed by atoms with Gasteiger partial charge in [0.2, 0.25) is 0 Å².